The number of nitrogens with zero attached hydrogens (tertiary/aromatic N) is 3. The van der Waals surface area contributed by atoms with Crippen LogP contribution < -0.4 is 10.2 Å². The summed E-state index contributed by atoms with van der Waals surface area (Å²) < 4.78 is 0. The molecule has 1 heterocycles. The Balaban J connectivity index is 1.55. The highest BCUT2D eigenvalue weighted by Gasteiger charge is 2.23. The molecule has 3 rings (SSSR count). The molecule has 110 valence electrons. The van der Waals surface area contributed by atoms with E-state index in [1.807, 2.05) is 12.4 Å². The minimum absolute atomic E-state index is 0.635. The van der Waals surface area contributed by atoms with E-state index in [4.69, 9.17) is 0 Å². The second-order valence-electron chi connectivity index (χ2n) is 6.55. The summed E-state index contributed by atoms with van der Waals surface area (Å²) in [6.07, 6.45) is 11.7. The van der Waals surface area contributed by atoms with E-state index in [-0.39, 0.29) is 0 Å². The Kier molecular flexibility index (Phi) is 4.20. The van der Waals surface area contributed by atoms with Crippen molar-refractivity contribution in [3.05, 3.63) is 18.1 Å². The summed E-state index contributed by atoms with van der Waals surface area (Å²) in [7, 11) is 2.16. The van der Waals surface area contributed by atoms with Crippen LogP contribution in [0.15, 0.2) is 12.4 Å². The van der Waals surface area contributed by atoms with Crippen LogP contribution in [0.25, 0.3) is 0 Å². The van der Waals surface area contributed by atoms with Crippen molar-refractivity contribution in [2.45, 2.75) is 64.1 Å². The van der Waals surface area contributed by atoms with Crippen LogP contribution in [0.4, 0.5) is 5.82 Å². The lowest BCUT2D eigenvalue weighted by atomic mass is 9.87. The molecule has 0 spiro atoms. The van der Waals surface area contributed by atoms with Gasteiger partial charge in [0.25, 0.3) is 0 Å². The molecule has 0 amide bonds. The first-order chi connectivity index (χ1) is 9.72. The van der Waals surface area contributed by atoms with Gasteiger partial charge in [-0.25, -0.2) is 4.98 Å². The average molecular weight is 274 g/mol. The summed E-state index contributed by atoms with van der Waals surface area (Å²) in [5.74, 6) is 1.90. The smallest absolute Gasteiger partial charge is 0.147 e. The third-order valence-corrected chi connectivity index (χ3v) is 4.74. The van der Waals surface area contributed by atoms with Crippen LogP contribution in [0.1, 0.15) is 51.1 Å². The molecular weight excluding hydrogens is 248 g/mol. The lowest BCUT2D eigenvalue weighted by Gasteiger charge is -2.34. The fraction of sp³-hybridized carbons (Fsp3) is 0.750. The van der Waals surface area contributed by atoms with Gasteiger partial charge in [0.15, 0.2) is 0 Å². The molecule has 1 aromatic rings. The fourth-order valence-electron chi connectivity index (χ4n) is 2.97. The zero-order valence-corrected chi connectivity index (χ0v) is 12.7. The summed E-state index contributed by atoms with van der Waals surface area (Å²) >= 11 is 0. The Labute approximate surface area is 122 Å². The standard InChI is InChI=1S/C16H26N4/c1-12-3-7-15(8-4-12)20(2)16-11-18-14(10-19-16)9-17-13-5-6-13/h10-13,15,17H,3-9H2,1-2H3. The summed E-state index contributed by atoms with van der Waals surface area (Å²) in [6.45, 7) is 3.21. The molecule has 4 nitrogen and oxygen atoms in total. The number of aromatic nitrogens is 2. The maximum Gasteiger partial charge on any atom is 0.147 e. The molecule has 0 bridgehead atoms. The number of nitrogens with one attached hydrogen (secondary N) is 1. The molecule has 0 aliphatic heterocycles. The molecule has 2 fully saturated rings. The SMILES string of the molecule is CC1CCC(N(C)c2cnc(CNC3CC3)cn2)CC1. The first-order valence-electron chi connectivity index (χ1n) is 7.99. The third kappa shape index (κ3) is 3.48. The van der Waals surface area contributed by atoms with Crippen molar-refractivity contribution in [1.29, 1.82) is 0 Å². The molecule has 0 saturated heterocycles. The van der Waals surface area contributed by atoms with Crippen molar-refractivity contribution in [2.24, 2.45) is 5.92 Å². The lowest BCUT2D eigenvalue weighted by molar-refractivity contribution is 0.340. The van der Waals surface area contributed by atoms with Crippen molar-refractivity contribution < 1.29 is 0 Å². The Morgan fingerprint density at radius 1 is 1.10 bits per heavy atom. The number of hydrogen-bond acceptors (Lipinski definition) is 4. The van der Waals surface area contributed by atoms with E-state index in [9.17, 15) is 0 Å². The van der Waals surface area contributed by atoms with Crippen LogP contribution in [0.5, 0.6) is 0 Å². The average Bonchev–Trinajstić information content (AvgIpc) is 3.30. The van der Waals surface area contributed by atoms with Crippen LogP contribution >= 0.6 is 0 Å². The fourth-order valence-corrected chi connectivity index (χ4v) is 2.97. The Morgan fingerprint density at radius 2 is 1.85 bits per heavy atom. The molecule has 1 aromatic heterocycles. The van der Waals surface area contributed by atoms with Crippen LogP contribution in [0, 0.1) is 5.92 Å². The van der Waals surface area contributed by atoms with Crippen molar-refractivity contribution in [3.8, 4) is 0 Å². The van der Waals surface area contributed by atoms with Crippen LogP contribution in [0.3, 0.4) is 0 Å². The van der Waals surface area contributed by atoms with Crippen LogP contribution in [-0.2, 0) is 6.54 Å². The highest BCUT2D eigenvalue weighted by atomic mass is 15.2. The zero-order chi connectivity index (χ0) is 13.9. The van der Waals surface area contributed by atoms with E-state index in [1.165, 1.54) is 38.5 Å². The number of rotatable bonds is 5. The summed E-state index contributed by atoms with van der Waals surface area (Å²) in [5.41, 5.74) is 1.05. The molecule has 2 aliphatic rings. The largest absolute Gasteiger partial charge is 0.355 e. The molecule has 2 aliphatic carbocycles. The Morgan fingerprint density at radius 3 is 2.45 bits per heavy atom. The third-order valence-electron chi connectivity index (χ3n) is 4.74. The molecule has 20 heavy (non-hydrogen) atoms. The van der Waals surface area contributed by atoms with Crippen molar-refractivity contribution in [1.82, 2.24) is 15.3 Å². The zero-order valence-electron chi connectivity index (χ0n) is 12.7. The van der Waals surface area contributed by atoms with Gasteiger partial charge in [-0.15, -0.1) is 0 Å². The van der Waals surface area contributed by atoms with Crippen molar-refractivity contribution in [3.63, 3.8) is 0 Å². The monoisotopic (exact) mass is 274 g/mol. The first-order valence-corrected chi connectivity index (χ1v) is 7.99. The summed E-state index contributed by atoms with van der Waals surface area (Å²) in [5, 5.41) is 3.47. The van der Waals surface area contributed by atoms with Crippen LogP contribution in [0.2, 0.25) is 0 Å². The van der Waals surface area contributed by atoms with E-state index in [0.717, 1.165) is 30.0 Å². The van der Waals surface area contributed by atoms with E-state index >= 15 is 0 Å². The van der Waals surface area contributed by atoms with E-state index < -0.39 is 0 Å². The minimum atomic E-state index is 0.635. The predicted octanol–water partition coefficient (Wildman–Crippen LogP) is 2.74. The molecule has 1 N–H and O–H groups in total. The minimum Gasteiger partial charge on any atom is -0.355 e. The number of hydrogen-bond donors (Lipinski definition) is 1. The van der Waals surface area contributed by atoms with Crippen molar-refractivity contribution >= 4 is 5.82 Å². The Hall–Kier alpha value is -1.16. The van der Waals surface area contributed by atoms with Gasteiger partial charge < -0.3 is 10.2 Å². The Bertz CT molecular complexity index is 419. The van der Waals surface area contributed by atoms with E-state index in [0.29, 0.717) is 6.04 Å². The normalized spacial score (nSPS) is 26.5. The maximum absolute atomic E-state index is 4.59. The van der Waals surface area contributed by atoms with Gasteiger partial charge in [0.05, 0.1) is 18.1 Å². The van der Waals surface area contributed by atoms with Gasteiger partial charge in [0.2, 0.25) is 0 Å². The van der Waals surface area contributed by atoms with Gasteiger partial charge in [-0.05, 0) is 44.4 Å². The quantitative estimate of drug-likeness (QED) is 0.896. The summed E-state index contributed by atoms with van der Waals surface area (Å²) in [6, 6.07) is 1.36. The molecular formula is C16H26N4. The molecule has 0 aromatic carbocycles. The lowest BCUT2D eigenvalue weighted by Crippen LogP contribution is -2.35. The highest BCUT2D eigenvalue weighted by Crippen LogP contribution is 2.28. The molecule has 0 radical (unpaired) electrons. The van der Waals surface area contributed by atoms with Gasteiger partial charge in [0.1, 0.15) is 5.82 Å². The van der Waals surface area contributed by atoms with Gasteiger partial charge in [-0.3, -0.25) is 4.98 Å². The topological polar surface area (TPSA) is 41.1 Å². The number of anilines is 1. The van der Waals surface area contributed by atoms with Gasteiger partial charge in [-0.2, -0.15) is 0 Å². The molecule has 0 atom stereocenters. The van der Waals surface area contributed by atoms with Crippen LogP contribution in [-0.4, -0.2) is 29.1 Å². The first kappa shape index (κ1) is 13.8. The second-order valence-corrected chi connectivity index (χ2v) is 6.55. The highest BCUT2D eigenvalue weighted by molar-refractivity contribution is 5.36. The predicted molar refractivity (Wildman–Crippen MR) is 81.7 cm³/mol. The second kappa shape index (κ2) is 6.08. The summed E-state index contributed by atoms with van der Waals surface area (Å²) in [4.78, 5) is 11.5. The maximum atomic E-state index is 4.59. The molecule has 2 saturated carbocycles. The van der Waals surface area contributed by atoms with Gasteiger partial charge in [-0.1, -0.05) is 6.92 Å². The molecule has 0 unspecified atom stereocenters. The van der Waals surface area contributed by atoms with E-state index in [1.54, 1.807) is 0 Å². The van der Waals surface area contributed by atoms with Gasteiger partial charge in [0, 0.05) is 25.7 Å². The van der Waals surface area contributed by atoms with Crippen molar-refractivity contribution in [2.75, 3.05) is 11.9 Å². The van der Waals surface area contributed by atoms with E-state index in [2.05, 4.69) is 34.2 Å². The molecule has 4 heteroatoms. The van der Waals surface area contributed by atoms with Gasteiger partial charge >= 0.3 is 0 Å².